The number of benzene rings is 1. The highest BCUT2D eigenvalue weighted by Gasteiger charge is 2.21. The minimum absolute atomic E-state index is 0.411. The number of morpholine rings is 1. The molecule has 0 radical (unpaired) electrons. The summed E-state index contributed by atoms with van der Waals surface area (Å²) in [7, 11) is 0. The summed E-state index contributed by atoms with van der Waals surface area (Å²) in [6.45, 7) is 4.70. The first kappa shape index (κ1) is 11.7. The lowest BCUT2D eigenvalue weighted by Crippen LogP contribution is -2.43. The molecule has 0 bridgehead atoms. The number of rotatable bonds is 2. The van der Waals surface area contributed by atoms with Crippen LogP contribution in [-0.2, 0) is 4.74 Å². The lowest BCUT2D eigenvalue weighted by molar-refractivity contribution is 0.0989. The summed E-state index contributed by atoms with van der Waals surface area (Å²) in [5.41, 5.74) is 1.24. The van der Waals surface area contributed by atoms with Crippen molar-refractivity contribution in [2.45, 2.75) is 13.0 Å². The molecule has 3 nitrogen and oxygen atoms in total. The van der Waals surface area contributed by atoms with Crippen molar-refractivity contribution in [2.24, 2.45) is 0 Å². The molecule has 2 aromatic rings. The second-order valence-corrected chi connectivity index (χ2v) is 5.50. The Hall–Kier alpha value is -1.39. The highest BCUT2D eigenvalue weighted by atomic mass is 32.1. The van der Waals surface area contributed by atoms with Crippen molar-refractivity contribution in [2.75, 3.05) is 24.7 Å². The molecule has 2 heterocycles. The topological polar surface area (TPSA) is 25.4 Å². The Morgan fingerprint density at radius 3 is 2.94 bits per heavy atom. The number of nitrogens with zero attached hydrogens (tertiary/aromatic N) is 2. The van der Waals surface area contributed by atoms with E-state index in [2.05, 4.69) is 41.1 Å². The van der Waals surface area contributed by atoms with Crippen LogP contribution in [-0.4, -0.2) is 30.8 Å². The van der Waals surface area contributed by atoms with Crippen LogP contribution < -0.4 is 4.90 Å². The van der Waals surface area contributed by atoms with Gasteiger partial charge in [-0.15, -0.1) is 0 Å². The van der Waals surface area contributed by atoms with Crippen LogP contribution in [0, 0.1) is 0 Å². The summed E-state index contributed by atoms with van der Waals surface area (Å²) in [5.74, 6) is 0. The minimum atomic E-state index is 0.411. The summed E-state index contributed by atoms with van der Waals surface area (Å²) in [6.07, 6.45) is 1.97. The van der Waals surface area contributed by atoms with Crippen molar-refractivity contribution in [1.29, 1.82) is 0 Å². The van der Waals surface area contributed by atoms with Gasteiger partial charge in [-0.3, -0.25) is 0 Å². The van der Waals surface area contributed by atoms with Crippen molar-refractivity contribution in [3.8, 4) is 10.4 Å². The summed E-state index contributed by atoms with van der Waals surface area (Å²) in [5, 5.41) is 1.10. The van der Waals surface area contributed by atoms with Gasteiger partial charge in [0.05, 0.1) is 24.1 Å². The molecule has 1 unspecified atom stereocenters. The molecular formula is C14H16N2OS. The summed E-state index contributed by atoms with van der Waals surface area (Å²) in [6, 6.07) is 10.8. The van der Waals surface area contributed by atoms with E-state index in [9.17, 15) is 0 Å². The highest BCUT2D eigenvalue weighted by Crippen LogP contribution is 2.32. The first-order valence-electron chi connectivity index (χ1n) is 6.20. The van der Waals surface area contributed by atoms with Crippen LogP contribution in [0.1, 0.15) is 6.92 Å². The molecule has 0 saturated carbocycles. The Morgan fingerprint density at radius 1 is 1.33 bits per heavy atom. The third-order valence-electron chi connectivity index (χ3n) is 3.17. The van der Waals surface area contributed by atoms with Gasteiger partial charge in [0.2, 0.25) is 0 Å². The fourth-order valence-corrected chi connectivity index (χ4v) is 3.19. The number of anilines is 1. The van der Waals surface area contributed by atoms with E-state index in [0.717, 1.165) is 24.9 Å². The third kappa shape index (κ3) is 2.26. The third-order valence-corrected chi connectivity index (χ3v) is 4.25. The Morgan fingerprint density at radius 2 is 2.17 bits per heavy atom. The molecule has 1 aliphatic heterocycles. The van der Waals surface area contributed by atoms with E-state index in [4.69, 9.17) is 4.74 Å². The molecule has 94 valence electrons. The Labute approximate surface area is 111 Å². The molecule has 1 aromatic heterocycles. The fourth-order valence-electron chi connectivity index (χ4n) is 2.14. The second-order valence-electron chi connectivity index (χ2n) is 4.49. The molecule has 0 spiro atoms. The van der Waals surface area contributed by atoms with Gasteiger partial charge in [-0.05, 0) is 12.5 Å². The Bertz CT molecular complexity index is 512. The maximum Gasteiger partial charge on any atom is 0.186 e. The van der Waals surface area contributed by atoms with Crippen LogP contribution in [0.25, 0.3) is 10.4 Å². The van der Waals surface area contributed by atoms with E-state index >= 15 is 0 Å². The van der Waals surface area contributed by atoms with Gasteiger partial charge < -0.3 is 9.64 Å². The van der Waals surface area contributed by atoms with Gasteiger partial charge in [0, 0.05) is 12.7 Å². The van der Waals surface area contributed by atoms with Gasteiger partial charge in [0.25, 0.3) is 0 Å². The molecule has 18 heavy (non-hydrogen) atoms. The van der Waals surface area contributed by atoms with E-state index in [0.29, 0.717) is 6.04 Å². The zero-order valence-corrected chi connectivity index (χ0v) is 11.2. The zero-order chi connectivity index (χ0) is 12.4. The van der Waals surface area contributed by atoms with Crippen LogP contribution in [0.15, 0.2) is 36.5 Å². The van der Waals surface area contributed by atoms with Gasteiger partial charge in [-0.1, -0.05) is 41.7 Å². The van der Waals surface area contributed by atoms with E-state index in [1.807, 2.05) is 12.3 Å². The molecule has 0 amide bonds. The monoisotopic (exact) mass is 260 g/mol. The molecule has 1 aliphatic rings. The zero-order valence-electron chi connectivity index (χ0n) is 10.4. The molecule has 1 atom stereocenters. The van der Waals surface area contributed by atoms with Gasteiger partial charge in [-0.25, -0.2) is 4.98 Å². The van der Waals surface area contributed by atoms with Gasteiger partial charge in [-0.2, -0.15) is 0 Å². The predicted molar refractivity (Wildman–Crippen MR) is 75.2 cm³/mol. The smallest absolute Gasteiger partial charge is 0.186 e. The normalized spacial score (nSPS) is 20.1. The average Bonchev–Trinajstić information content (AvgIpc) is 2.90. The number of aromatic nitrogens is 1. The van der Waals surface area contributed by atoms with Crippen LogP contribution in [0.5, 0.6) is 0 Å². The van der Waals surface area contributed by atoms with Crippen LogP contribution >= 0.6 is 11.3 Å². The van der Waals surface area contributed by atoms with Crippen LogP contribution in [0.2, 0.25) is 0 Å². The second kappa shape index (κ2) is 5.08. The minimum Gasteiger partial charge on any atom is -0.377 e. The maximum absolute atomic E-state index is 5.46. The lowest BCUT2D eigenvalue weighted by atomic mass is 10.2. The summed E-state index contributed by atoms with van der Waals surface area (Å²) < 4.78 is 5.46. The fraction of sp³-hybridized carbons (Fsp3) is 0.357. The van der Waals surface area contributed by atoms with Crippen molar-refractivity contribution in [3.63, 3.8) is 0 Å². The molecular weight excluding hydrogens is 244 g/mol. The maximum atomic E-state index is 5.46. The quantitative estimate of drug-likeness (QED) is 0.830. The average molecular weight is 260 g/mol. The summed E-state index contributed by atoms with van der Waals surface area (Å²) in [4.78, 5) is 8.12. The highest BCUT2D eigenvalue weighted by molar-refractivity contribution is 7.18. The van der Waals surface area contributed by atoms with Gasteiger partial charge in [0.1, 0.15) is 0 Å². The molecule has 1 saturated heterocycles. The van der Waals surface area contributed by atoms with E-state index < -0.39 is 0 Å². The molecule has 0 N–H and O–H groups in total. The first-order valence-corrected chi connectivity index (χ1v) is 7.02. The molecule has 1 aromatic carbocycles. The van der Waals surface area contributed by atoms with Crippen LogP contribution in [0.4, 0.5) is 5.13 Å². The number of hydrogen-bond acceptors (Lipinski definition) is 4. The van der Waals surface area contributed by atoms with Crippen molar-refractivity contribution < 1.29 is 4.74 Å². The van der Waals surface area contributed by atoms with Crippen molar-refractivity contribution >= 4 is 16.5 Å². The standard InChI is InChI=1S/C14H16N2OS/c1-11-10-17-8-7-16(11)14-15-9-13(18-14)12-5-3-2-4-6-12/h2-6,9,11H,7-8,10H2,1H3. The molecule has 0 aliphatic carbocycles. The first-order chi connectivity index (χ1) is 8.84. The lowest BCUT2D eigenvalue weighted by Gasteiger charge is -2.32. The summed E-state index contributed by atoms with van der Waals surface area (Å²) >= 11 is 1.76. The Kier molecular flexibility index (Phi) is 3.30. The van der Waals surface area contributed by atoms with E-state index in [1.165, 1.54) is 10.4 Å². The van der Waals surface area contributed by atoms with Crippen LogP contribution in [0.3, 0.4) is 0 Å². The number of ether oxygens (including phenoxy) is 1. The van der Waals surface area contributed by atoms with Gasteiger partial charge in [0.15, 0.2) is 5.13 Å². The van der Waals surface area contributed by atoms with E-state index in [1.54, 1.807) is 11.3 Å². The van der Waals surface area contributed by atoms with Crippen molar-refractivity contribution in [1.82, 2.24) is 4.98 Å². The van der Waals surface area contributed by atoms with Gasteiger partial charge >= 0.3 is 0 Å². The molecule has 3 rings (SSSR count). The molecule has 4 heteroatoms. The van der Waals surface area contributed by atoms with E-state index in [-0.39, 0.29) is 0 Å². The number of hydrogen-bond donors (Lipinski definition) is 0. The largest absolute Gasteiger partial charge is 0.377 e. The Balaban J connectivity index is 1.85. The molecule has 1 fully saturated rings. The number of thiazole rings is 1. The predicted octanol–water partition coefficient (Wildman–Crippen LogP) is 3.04. The van der Waals surface area contributed by atoms with Crippen molar-refractivity contribution in [3.05, 3.63) is 36.5 Å². The SMILES string of the molecule is CC1COCCN1c1ncc(-c2ccccc2)s1.